The lowest BCUT2D eigenvalue weighted by molar-refractivity contribution is -0.143. The van der Waals surface area contributed by atoms with Crippen LogP contribution in [0.3, 0.4) is 0 Å². The lowest BCUT2D eigenvalue weighted by Crippen LogP contribution is -2.20. The first kappa shape index (κ1) is 12.6. The van der Waals surface area contributed by atoms with Gasteiger partial charge < -0.3 is 0 Å². The minimum absolute atomic E-state index is 0.0346. The number of aromatic nitrogens is 1. The van der Waals surface area contributed by atoms with Crippen molar-refractivity contribution < 1.29 is 21.6 Å². The molecule has 1 rings (SSSR count). The van der Waals surface area contributed by atoms with Gasteiger partial charge in [-0.3, -0.25) is 0 Å². The van der Waals surface area contributed by atoms with Crippen LogP contribution >= 0.6 is 22.6 Å². The van der Waals surface area contributed by atoms with Gasteiger partial charge in [0.1, 0.15) is 8.60 Å². The van der Waals surface area contributed by atoms with E-state index in [-0.39, 0.29) is 3.70 Å². The Labute approximate surface area is 96.9 Å². The minimum atomic E-state index is -4.84. The van der Waals surface area contributed by atoms with Gasteiger partial charge in [-0.25, -0.2) is 18.5 Å². The number of hydrogen-bond acceptors (Lipinski definition) is 3. The fraction of sp³-hybridized carbons (Fsp3) is 0.167. The summed E-state index contributed by atoms with van der Waals surface area (Å²) in [5.74, 6) is 0. The maximum atomic E-state index is 12.4. The van der Waals surface area contributed by atoms with Crippen LogP contribution in [0.4, 0.5) is 13.2 Å². The van der Waals surface area contributed by atoms with Gasteiger partial charge in [-0.15, -0.1) is 0 Å². The minimum Gasteiger partial charge on any atom is -0.236 e. The molecule has 0 unspecified atom stereocenters. The SMILES string of the molecule is NS(=O)(=O)c1ccc(I)nc1C(F)(F)F. The fourth-order valence-corrected chi connectivity index (χ4v) is 1.96. The summed E-state index contributed by atoms with van der Waals surface area (Å²) in [5.41, 5.74) is -1.49. The molecule has 0 aromatic carbocycles. The maximum absolute atomic E-state index is 12.4. The Kier molecular flexibility index (Phi) is 3.26. The molecule has 0 atom stereocenters. The molecule has 0 fully saturated rings. The molecule has 15 heavy (non-hydrogen) atoms. The number of pyridine rings is 1. The molecular weight excluding hydrogens is 348 g/mol. The molecule has 4 nitrogen and oxygen atoms in total. The number of alkyl halides is 3. The Morgan fingerprint density at radius 3 is 2.27 bits per heavy atom. The van der Waals surface area contributed by atoms with Crippen LogP contribution < -0.4 is 5.14 Å². The van der Waals surface area contributed by atoms with Crippen molar-refractivity contribution in [3.8, 4) is 0 Å². The average molecular weight is 352 g/mol. The predicted octanol–water partition coefficient (Wildman–Crippen LogP) is 1.35. The first-order chi connectivity index (χ1) is 6.62. The van der Waals surface area contributed by atoms with E-state index in [1.807, 2.05) is 0 Å². The highest BCUT2D eigenvalue weighted by molar-refractivity contribution is 14.1. The Bertz CT molecular complexity index is 486. The number of primary sulfonamides is 1. The molecule has 0 saturated heterocycles. The van der Waals surface area contributed by atoms with E-state index in [9.17, 15) is 21.6 Å². The highest BCUT2D eigenvalue weighted by Gasteiger charge is 2.38. The molecule has 0 aliphatic carbocycles. The number of nitrogens with two attached hydrogens (primary N) is 1. The lowest BCUT2D eigenvalue weighted by atomic mass is 10.3. The van der Waals surface area contributed by atoms with Crippen LogP contribution in [-0.2, 0) is 16.2 Å². The van der Waals surface area contributed by atoms with Crippen molar-refractivity contribution in [1.29, 1.82) is 0 Å². The van der Waals surface area contributed by atoms with Crippen molar-refractivity contribution >= 4 is 32.6 Å². The summed E-state index contributed by atoms with van der Waals surface area (Å²) in [5, 5.41) is 4.63. The van der Waals surface area contributed by atoms with Gasteiger partial charge in [-0.2, -0.15) is 13.2 Å². The second-order valence-electron chi connectivity index (χ2n) is 2.52. The molecule has 2 N–H and O–H groups in total. The molecule has 0 aliphatic heterocycles. The third-order valence-corrected chi connectivity index (χ3v) is 2.94. The van der Waals surface area contributed by atoms with Gasteiger partial charge in [0, 0.05) is 0 Å². The Hall–Kier alpha value is -0.420. The van der Waals surface area contributed by atoms with Crippen LogP contribution in [0.25, 0.3) is 0 Å². The molecule has 0 aliphatic rings. The summed E-state index contributed by atoms with van der Waals surface area (Å²) in [6, 6.07) is 1.92. The summed E-state index contributed by atoms with van der Waals surface area (Å²) in [7, 11) is -4.42. The molecule has 0 spiro atoms. The molecule has 0 radical (unpaired) electrons. The smallest absolute Gasteiger partial charge is 0.236 e. The molecule has 84 valence electrons. The van der Waals surface area contributed by atoms with Gasteiger partial charge in [0.15, 0.2) is 5.69 Å². The van der Waals surface area contributed by atoms with E-state index >= 15 is 0 Å². The quantitative estimate of drug-likeness (QED) is 0.613. The van der Waals surface area contributed by atoms with Crippen molar-refractivity contribution in [3.05, 3.63) is 21.5 Å². The number of nitrogens with zero attached hydrogens (tertiary/aromatic N) is 1. The van der Waals surface area contributed by atoms with Gasteiger partial charge in [0.25, 0.3) is 0 Å². The molecule has 1 aromatic rings. The molecule has 1 aromatic heterocycles. The van der Waals surface area contributed by atoms with E-state index in [2.05, 4.69) is 10.1 Å². The normalized spacial score (nSPS) is 12.9. The van der Waals surface area contributed by atoms with E-state index in [0.717, 1.165) is 12.1 Å². The summed E-state index contributed by atoms with van der Waals surface area (Å²) < 4.78 is 58.8. The molecular formula is C6H4F3IN2O2S. The van der Waals surface area contributed by atoms with E-state index in [0.29, 0.717) is 0 Å². The largest absolute Gasteiger partial charge is 0.434 e. The maximum Gasteiger partial charge on any atom is 0.434 e. The zero-order valence-electron chi connectivity index (χ0n) is 6.92. The van der Waals surface area contributed by atoms with Crippen molar-refractivity contribution in [2.24, 2.45) is 5.14 Å². The third-order valence-electron chi connectivity index (χ3n) is 1.40. The standard InChI is InChI=1S/C6H4F3IN2O2S/c7-6(8,9)5-3(15(11,13)14)1-2-4(10)12-5/h1-2H,(H2,11,13,14). The van der Waals surface area contributed by atoms with Gasteiger partial charge in [-0.1, -0.05) is 0 Å². The molecule has 0 saturated carbocycles. The monoisotopic (exact) mass is 352 g/mol. The highest BCUT2D eigenvalue weighted by atomic mass is 127. The summed E-state index contributed by atoms with van der Waals surface area (Å²) in [4.78, 5) is 2.10. The molecule has 0 bridgehead atoms. The fourth-order valence-electron chi connectivity index (χ4n) is 0.855. The van der Waals surface area contributed by atoms with Crippen LogP contribution in [-0.4, -0.2) is 13.4 Å². The van der Waals surface area contributed by atoms with E-state index in [1.54, 1.807) is 22.6 Å². The van der Waals surface area contributed by atoms with Gasteiger partial charge >= 0.3 is 6.18 Å². The second-order valence-corrected chi connectivity index (χ2v) is 5.16. The first-order valence-corrected chi connectivity index (χ1v) is 6.01. The predicted molar refractivity (Wildman–Crippen MR) is 53.3 cm³/mol. The number of halogens is 4. The molecule has 0 amide bonds. The average Bonchev–Trinajstić information content (AvgIpc) is 2.00. The van der Waals surface area contributed by atoms with Crippen LogP contribution in [0, 0.1) is 3.70 Å². The third kappa shape index (κ3) is 3.01. The van der Waals surface area contributed by atoms with Crippen LogP contribution in [0.2, 0.25) is 0 Å². The van der Waals surface area contributed by atoms with Crippen LogP contribution in [0.5, 0.6) is 0 Å². The number of sulfonamides is 1. The zero-order valence-corrected chi connectivity index (χ0v) is 9.89. The highest BCUT2D eigenvalue weighted by Crippen LogP contribution is 2.32. The van der Waals surface area contributed by atoms with E-state index in [1.165, 1.54) is 0 Å². The molecule has 9 heteroatoms. The van der Waals surface area contributed by atoms with E-state index < -0.39 is 26.8 Å². The summed E-state index contributed by atoms with van der Waals surface area (Å²) >= 11 is 1.54. The van der Waals surface area contributed by atoms with Crippen molar-refractivity contribution in [2.75, 3.05) is 0 Å². The Morgan fingerprint density at radius 1 is 1.33 bits per heavy atom. The van der Waals surface area contributed by atoms with Gasteiger partial charge in [0.05, 0.1) is 0 Å². The van der Waals surface area contributed by atoms with Crippen LogP contribution in [0.15, 0.2) is 17.0 Å². The summed E-state index contributed by atoms with van der Waals surface area (Å²) in [6.45, 7) is 0. The Balaban J connectivity index is 3.55. The van der Waals surface area contributed by atoms with Crippen molar-refractivity contribution in [2.45, 2.75) is 11.1 Å². The van der Waals surface area contributed by atoms with Crippen molar-refractivity contribution in [1.82, 2.24) is 4.98 Å². The van der Waals surface area contributed by atoms with Crippen molar-refractivity contribution in [3.63, 3.8) is 0 Å². The first-order valence-electron chi connectivity index (χ1n) is 3.39. The van der Waals surface area contributed by atoms with Crippen LogP contribution in [0.1, 0.15) is 5.69 Å². The molecule has 1 heterocycles. The second kappa shape index (κ2) is 3.87. The summed E-state index contributed by atoms with van der Waals surface area (Å²) in [6.07, 6.45) is -4.84. The van der Waals surface area contributed by atoms with Gasteiger partial charge in [-0.05, 0) is 34.7 Å². The number of hydrogen-bond donors (Lipinski definition) is 1. The topological polar surface area (TPSA) is 73.1 Å². The van der Waals surface area contributed by atoms with Gasteiger partial charge in [0.2, 0.25) is 10.0 Å². The number of rotatable bonds is 1. The van der Waals surface area contributed by atoms with E-state index in [4.69, 9.17) is 0 Å². The Morgan fingerprint density at radius 2 is 1.87 bits per heavy atom. The lowest BCUT2D eigenvalue weighted by Gasteiger charge is -2.09. The zero-order chi connectivity index (χ0) is 11.9.